The monoisotopic (exact) mass is 195 g/mol. The van der Waals surface area contributed by atoms with E-state index >= 15 is 0 Å². The fraction of sp³-hybridized carbons (Fsp3) is 0.833. The van der Waals surface area contributed by atoms with Gasteiger partial charge < -0.3 is 5.11 Å². The van der Waals surface area contributed by atoms with Gasteiger partial charge in [-0.2, -0.15) is 0 Å². The molecule has 0 radical (unpaired) electrons. The Bertz CT molecular complexity index is 255. The zero-order chi connectivity index (χ0) is 9.94. The third kappa shape index (κ3) is 3.19. The van der Waals surface area contributed by atoms with Gasteiger partial charge >= 0.3 is 0 Å². The summed E-state index contributed by atoms with van der Waals surface area (Å²) in [6, 6.07) is 0. The van der Waals surface area contributed by atoms with Gasteiger partial charge in [0.05, 0.1) is 5.25 Å². The summed E-state index contributed by atoms with van der Waals surface area (Å²) in [4.78, 5) is 10.7. The highest BCUT2D eigenvalue weighted by atomic mass is 32.2. The largest absolute Gasteiger partial charge is 0.384 e. The van der Waals surface area contributed by atoms with Gasteiger partial charge in [-0.3, -0.25) is 9.52 Å². The number of carbonyl (C=O) groups excluding carboxylic acids is 1. The molecule has 6 heteroatoms. The van der Waals surface area contributed by atoms with Crippen molar-refractivity contribution in [1.82, 2.24) is 4.72 Å². The zero-order valence-corrected chi connectivity index (χ0v) is 8.05. The van der Waals surface area contributed by atoms with Crippen LogP contribution < -0.4 is 4.72 Å². The molecule has 0 aromatic heterocycles. The maximum Gasteiger partial charge on any atom is 0.261 e. The van der Waals surface area contributed by atoms with Crippen molar-refractivity contribution in [1.29, 1.82) is 0 Å². The van der Waals surface area contributed by atoms with Crippen molar-refractivity contribution >= 4 is 15.9 Å². The van der Waals surface area contributed by atoms with Crippen LogP contribution in [0.5, 0.6) is 0 Å². The number of aliphatic hydroxyl groups excluding tert-OH is 1. The van der Waals surface area contributed by atoms with Crippen molar-refractivity contribution in [2.45, 2.75) is 32.1 Å². The zero-order valence-electron chi connectivity index (χ0n) is 7.23. The minimum atomic E-state index is -3.60. The van der Waals surface area contributed by atoms with E-state index in [4.69, 9.17) is 5.11 Å². The number of hydrogen-bond donors (Lipinski definition) is 2. The van der Waals surface area contributed by atoms with E-state index in [0.29, 0.717) is 0 Å². The quantitative estimate of drug-likeness (QED) is 0.619. The van der Waals surface area contributed by atoms with Crippen molar-refractivity contribution in [2.75, 3.05) is 0 Å². The standard InChI is InChI=1S/C6H13NO4S/c1-4(2)12(10,11)7-6(9)5(3)8/h4-5,8H,1-3H3,(H,7,9)/t5-/m0/s1. The lowest BCUT2D eigenvalue weighted by Crippen LogP contribution is -2.40. The van der Waals surface area contributed by atoms with E-state index in [1.54, 1.807) is 4.72 Å². The van der Waals surface area contributed by atoms with Crippen LogP contribution in [0.1, 0.15) is 20.8 Å². The van der Waals surface area contributed by atoms with Gasteiger partial charge in [0, 0.05) is 0 Å². The normalized spacial score (nSPS) is 14.4. The molecular weight excluding hydrogens is 182 g/mol. The fourth-order valence-corrected chi connectivity index (χ4v) is 1.03. The first-order valence-electron chi connectivity index (χ1n) is 3.51. The van der Waals surface area contributed by atoms with E-state index in [-0.39, 0.29) is 0 Å². The fourth-order valence-electron chi connectivity index (χ4n) is 0.343. The molecule has 0 aliphatic rings. The molecule has 1 atom stereocenters. The number of nitrogens with one attached hydrogen (secondary N) is 1. The molecular formula is C6H13NO4S. The summed E-state index contributed by atoms with van der Waals surface area (Å²) in [5.74, 6) is -0.899. The number of aliphatic hydroxyl groups is 1. The first-order chi connectivity index (χ1) is 5.27. The maximum atomic E-state index is 11.0. The molecule has 0 fully saturated rings. The Morgan fingerprint density at radius 2 is 1.75 bits per heavy atom. The number of amides is 1. The Balaban J connectivity index is 4.38. The molecule has 0 spiro atoms. The number of hydrogen-bond acceptors (Lipinski definition) is 4. The lowest BCUT2D eigenvalue weighted by atomic mass is 10.4. The van der Waals surface area contributed by atoms with Gasteiger partial charge in [0.1, 0.15) is 6.10 Å². The first-order valence-corrected chi connectivity index (χ1v) is 5.05. The van der Waals surface area contributed by atoms with E-state index in [1.807, 2.05) is 0 Å². The molecule has 0 aromatic rings. The van der Waals surface area contributed by atoms with E-state index in [9.17, 15) is 13.2 Å². The van der Waals surface area contributed by atoms with E-state index in [0.717, 1.165) is 0 Å². The third-order valence-corrected chi connectivity index (χ3v) is 2.97. The molecule has 12 heavy (non-hydrogen) atoms. The summed E-state index contributed by atoms with van der Waals surface area (Å²) < 4.78 is 23.7. The Morgan fingerprint density at radius 1 is 1.33 bits per heavy atom. The highest BCUT2D eigenvalue weighted by molar-refractivity contribution is 7.90. The smallest absolute Gasteiger partial charge is 0.261 e. The Kier molecular flexibility index (Phi) is 3.66. The summed E-state index contributed by atoms with van der Waals surface area (Å²) >= 11 is 0. The summed E-state index contributed by atoms with van der Waals surface area (Å²) in [6.07, 6.45) is -1.31. The topological polar surface area (TPSA) is 83.5 Å². The second kappa shape index (κ2) is 3.86. The minimum Gasteiger partial charge on any atom is -0.384 e. The van der Waals surface area contributed by atoms with Crippen LogP contribution >= 0.6 is 0 Å². The van der Waals surface area contributed by atoms with E-state index < -0.39 is 27.3 Å². The van der Waals surface area contributed by atoms with Crippen LogP contribution in [0.4, 0.5) is 0 Å². The highest BCUT2D eigenvalue weighted by Crippen LogP contribution is 1.96. The molecule has 0 heterocycles. The molecule has 0 aromatic carbocycles. The van der Waals surface area contributed by atoms with Crippen molar-refractivity contribution in [3.8, 4) is 0 Å². The van der Waals surface area contributed by atoms with Gasteiger partial charge in [0.2, 0.25) is 10.0 Å². The molecule has 0 unspecified atom stereocenters. The number of rotatable bonds is 3. The van der Waals surface area contributed by atoms with Gasteiger partial charge in [0.25, 0.3) is 5.91 Å². The van der Waals surface area contributed by atoms with Gasteiger partial charge in [-0.25, -0.2) is 8.42 Å². The molecule has 0 rings (SSSR count). The first kappa shape index (κ1) is 11.4. The maximum absolute atomic E-state index is 11.0. The van der Waals surface area contributed by atoms with Crippen molar-refractivity contribution in [3.63, 3.8) is 0 Å². The van der Waals surface area contributed by atoms with Crippen LogP contribution in [0.3, 0.4) is 0 Å². The van der Waals surface area contributed by atoms with Crippen LogP contribution in [0.25, 0.3) is 0 Å². The van der Waals surface area contributed by atoms with Crippen LogP contribution in [-0.4, -0.2) is 30.8 Å². The van der Waals surface area contributed by atoms with Crippen LogP contribution in [0.15, 0.2) is 0 Å². The Labute approximate surface area is 71.8 Å². The molecule has 0 bridgehead atoms. The molecule has 1 amide bonds. The molecule has 0 saturated heterocycles. The Morgan fingerprint density at radius 3 is 2.00 bits per heavy atom. The average molecular weight is 195 g/mol. The molecule has 0 saturated carbocycles. The van der Waals surface area contributed by atoms with Gasteiger partial charge in [-0.1, -0.05) is 0 Å². The van der Waals surface area contributed by atoms with Gasteiger partial charge in [-0.05, 0) is 20.8 Å². The van der Waals surface area contributed by atoms with Gasteiger partial charge in [0.15, 0.2) is 0 Å². The molecule has 5 nitrogen and oxygen atoms in total. The molecule has 72 valence electrons. The predicted molar refractivity (Wildman–Crippen MR) is 43.9 cm³/mol. The molecule has 2 N–H and O–H groups in total. The van der Waals surface area contributed by atoms with Crippen molar-refractivity contribution < 1.29 is 18.3 Å². The minimum absolute atomic E-state index is 0.680. The lowest BCUT2D eigenvalue weighted by Gasteiger charge is -2.10. The van der Waals surface area contributed by atoms with Crippen molar-refractivity contribution in [3.05, 3.63) is 0 Å². The number of carbonyl (C=O) groups is 1. The van der Waals surface area contributed by atoms with Crippen LogP contribution in [0, 0.1) is 0 Å². The predicted octanol–water partition coefficient (Wildman–Crippen LogP) is -0.778. The second-order valence-electron chi connectivity index (χ2n) is 2.74. The molecule has 0 aliphatic heterocycles. The summed E-state index contributed by atoms with van der Waals surface area (Å²) in [6.45, 7) is 4.08. The second-order valence-corrected chi connectivity index (χ2v) is 4.97. The average Bonchev–Trinajstić information content (AvgIpc) is 1.85. The van der Waals surface area contributed by atoms with E-state index in [2.05, 4.69) is 0 Å². The number of sulfonamides is 1. The summed E-state index contributed by atoms with van der Waals surface area (Å²) in [5, 5.41) is 8.01. The summed E-state index contributed by atoms with van der Waals surface area (Å²) in [7, 11) is -3.60. The highest BCUT2D eigenvalue weighted by Gasteiger charge is 2.20. The Hall–Kier alpha value is -0.620. The van der Waals surface area contributed by atoms with Crippen LogP contribution in [0.2, 0.25) is 0 Å². The lowest BCUT2D eigenvalue weighted by molar-refractivity contribution is -0.126. The van der Waals surface area contributed by atoms with Crippen molar-refractivity contribution in [2.24, 2.45) is 0 Å². The SMILES string of the molecule is CC(C)S(=O)(=O)NC(=O)[C@H](C)O. The molecule has 0 aliphatic carbocycles. The van der Waals surface area contributed by atoms with Crippen LogP contribution in [-0.2, 0) is 14.8 Å². The summed E-state index contributed by atoms with van der Waals surface area (Å²) in [5.41, 5.74) is 0. The van der Waals surface area contributed by atoms with E-state index in [1.165, 1.54) is 20.8 Å². The third-order valence-electron chi connectivity index (χ3n) is 1.24. The van der Waals surface area contributed by atoms with Gasteiger partial charge in [-0.15, -0.1) is 0 Å².